The average Bonchev–Trinajstić information content (AvgIpc) is 2.92. The van der Waals surface area contributed by atoms with Crippen molar-refractivity contribution >= 4 is 11.9 Å². The molecule has 0 aromatic heterocycles. The molecule has 1 saturated heterocycles. The van der Waals surface area contributed by atoms with E-state index in [2.05, 4.69) is 12.2 Å². The first kappa shape index (κ1) is 14.1. The minimum absolute atomic E-state index is 0.0408. The quantitative estimate of drug-likeness (QED) is 0.579. The first-order chi connectivity index (χ1) is 9.20. The Kier molecular flexibility index (Phi) is 5.00. The Morgan fingerprint density at radius 1 is 1.26 bits per heavy atom. The molecule has 2 atom stereocenters. The van der Waals surface area contributed by atoms with Gasteiger partial charge in [0.25, 0.3) is 0 Å². The number of piperidine rings is 1. The molecule has 0 N–H and O–H groups in total. The maximum Gasteiger partial charge on any atom is 0.307 e. The number of allylic oxidation sites excluding steroid dienone is 2. The van der Waals surface area contributed by atoms with Crippen molar-refractivity contribution < 1.29 is 14.3 Å². The van der Waals surface area contributed by atoms with Gasteiger partial charge < -0.3 is 9.64 Å². The van der Waals surface area contributed by atoms with Gasteiger partial charge in [-0.2, -0.15) is 0 Å². The first-order valence-electron chi connectivity index (χ1n) is 7.23. The van der Waals surface area contributed by atoms with Gasteiger partial charge in [0.15, 0.2) is 0 Å². The third-order valence-electron chi connectivity index (χ3n) is 4.13. The molecule has 1 heterocycles. The van der Waals surface area contributed by atoms with Crippen LogP contribution in [0, 0.1) is 5.92 Å². The summed E-state index contributed by atoms with van der Waals surface area (Å²) in [5, 5.41) is 0. The Morgan fingerprint density at radius 2 is 2.11 bits per heavy atom. The zero-order valence-corrected chi connectivity index (χ0v) is 11.6. The summed E-state index contributed by atoms with van der Waals surface area (Å²) in [4.78, 5) is 25.7. The number of methoxy groups -OCH3 is 1. The molecular weight excluding hydrogens is 242 g/mol. The Bertz CT molecular complexity index is 364. The summed E-state index contributed by atoms with van der Waals surface area (Å²) in [6.45, 7) is 0.789. The predicted octanol–water partition coefficient (Wildman–Crippen LogP) is 2.29. The van der Waals surface area contributed by atoms with Crippen molar-refractivity contribution in [2.75, 3.05) is 13.7 Å². The number of carbonyl (C=O) groups is 2. The third-order valence-corrected chi connectivity index (χ3v) is 4.13. The molecule has 0 aromatic carbocycles. The molecule has 4 nitrogen and oxygen atoms in total. The summed E-state index contributed by atoms with van der Waals surface area (Å²) in [7, 11) is 1.40. The summed E-state index contributed by atoms with van der Waals surface area (Å²) in [6.07, 6.45) is 10.5. The second-order valence-corrected chi connectivity index (χ2v) is 5.49. The number of rotatable bonds is 4. The Balaban J connectivity index is 1.91. The van der Waals surface area contributed by atoms with Crippen molar-refractivity contribution in [1.82, 2.24) is 4.90 Å². The van der Waals surface area contributed by atoms with E-state index < -0.39 is 0 Å². The van der Waals surface area contributed by atoms with Crippen LogP contribution >= 0.6 is 0 Å². The molecule has 0 bridgehead atoms. The lowest BCUT2D eigenvalue weighted by atomic mass is 9.97. The Morgan fingerprint density at radius 3 is 2.79 bits per heavy atom. The van der Waals surface area contributed by atoms with Gasteiger partial charge in [-0.1, -0.05) is 12.2 Å². The molecule has 2 unspecified atom stereocenters. The lowest BCUT2D eigenvalue weighted by Crippen LogP contribution is -2.45. The van der Waals surface area contributed by atoms with E-state index >= 15 is 0 Å². The van der Waals surface area contributed by atoms with Crippen LogP contribution in [-0.2, 0) is 14.3 Å². The normalized spacial score (nSPS) is 26.5. The fraction of sp³-hybridized carbons (Fsp3) is 0.733. The topological polar surface area (TPSA) is 46.6 Å². The average molecular weight is 265 g/mol. The zero-order chi connectivity index (χ0) is 13.7. The molecule has 0 saturated carbocycles. The van der Waals surface area contributed by atoms with Crippen LogP contribution in [0.3, 0.4) is 0 Å². The highest BCUT2D eigenvalue weighted by atomic mass is 16.5. The molecule has 0 spiro atoms. The van der Waals surface area contributed by atoms with Gasteiger partial charge >= 0.3 is 5.97 Å². The summed E-state index contributed by atoms with van der Waals surface area (Å²) in [6, 6.07) is 0.0408. The van der Waals surface area contributed by atoms with Crippen LogP contribution < -0.4 is 0 Å². The van der Waals surface area contributed by atoms with E-state index in [9.17, 15) is 9.59 Å². The lowest BCUT2D eigenvalue weighted by molar-refractivity contribution is -0.144. The molecule has 2 aliphatic rings. The van der Waals surface area contributed by atoms with Crippen molar-refractivity contribution in [2.24, 2.45) is 5.92 Å². The Labute approximate surface area is 114 Å². The van der Waals surface area contributed by atoms with Crippen molar-refractivity contribution in [3.05, 3.63) is 12.2 Å². The van der Waals surface area contributed by atoms with Crippen molar-refractivity contribution in [2.45, 2.75) is 51.0 Å². The second kappa shape index (κ2) is 6.73. The fourth-order valence-corrected chi connectivity index (χ4v) is 3.02. The summed E-state index contributed by atoms with van der Waals surface area (Å²) in [5.41, 5.74) is 0. The van der Waals surface area contributed by atoms with E-state index in [1.807, 2.05) is 4.90 Å². The molecular formula is C15H23NO3. The maximum atomic E-state index is 12.4. The highest BCUT2D eigenvalue weighted by Gasteiger charge is 2.29. The molecule has 2 rings (SSSR count). The first-order valence-corrected chi connectivity index (χ1v) is 7.23. The van der Waals surface area contributed by atoms with Crippen LogP contribution in [0.2, 0.25) is 0 Å². The van der Waals surface area contributed by atoms with Gasteiger partial charge in [0.2, 0.25) is 5.91 Å². The molecule has 106 valence electrons. The van der Waals surface area contributed by atoms with Crippen LogP contribution in [0.15, 0.2) is 12.2 Å². The minimum atomic E-state index is -0.217. The summed E-state index contributed by atoms with van der Waals surface area (Å²) >= 11 is 0. The molecule has 1 amide bonds. The largest absolute Gasteiger partial charge is 0.469 e. The van der Waals surface area contributed by atoms with Crippen LogP contribution in [0.5, 0.6) is 0 Å². The highest BCUT2D eigenvalue weighted by Crippen LogP contribution is 2.25. The number of hydrogen-bond acceptors (Lipinski definition) is 3. The second-order valence-electron chi connectivity index (χ2n) is 5.49. The van der Waals surface area contributed by atoms with E-state index in [4.69, 9.17) is 4.74 Å². The SMILES string of the molecule is COC(=O)CC1CCCCN1C(=O)CC1C=CCC1. The molecule has 4 heteroatoms. The molecule has 1 aliphatic heterocycles. The molecule has 1 aliphatic carbocycles. The number of likely N-dealkylation sites (tertiary alicyclic amines) is 1. The molecule has 0 radical (unpaired) electrons. The number of amides is 1. The molecule has 19 heavy (non-hydrogen) atoms. The smallest absolute Gasteiger partial charge is 0.307 e. The third kappa shape index (κ3) is 3.82. The summed E-state index contributed by atoms with van der Waals surface area (Å²) < 4.78 is 4.73. The van der Waals surface area contributed by atoms with Gasteiger partial charge in [0, 0.05) is 19.0 Å². The van der Waals surface area contributed by atoms with Gasteiger partial charge in [-0.3, -0.25) is 9.59 Å². The van der Waals surface area contributed by atoms with Crippen molar-refractivity contribution in [3.8, 4) is 0 Å². The predicted molar refractivity (Wildman–Crippen MR) is 72.5 cm³/mol. The van der Waals surface area contributed by atoms with Crippen molar-refractivity contribution in [3.63, 3.8) is 0 Å². The van der Waals surface area contributed by atoms with E-state index in [1.165, 1.54) is 7.11 Å². The van der Waals surface area contributed by atoms with Crippen LogP contribution in [0.4, 0.5) is 0 Å². The van der Waals surface area contributed by atoms with Gasteiger partial charge in [0.1, 0.15) is 0 Å². The van der Waals surface area contributed by atoms with E-state index in [0.29, 0.717) is 18.8 Å². The fourth-order valence-electron chi connectivity index (χ4n) is 3.02. The number of ether oxygens (including phenoxy) is 1. The van der Waals surface area contributed by atoms with Crippen molar-refractivity contribution in [1.29, 1.82) is 0 Å². The lowest BCUT2D eigenvalue weighted by Gasteiger charge is -2.35. The number of hydrogen-bond donors (Lipinski definition) is 0. The minimum Gasteiger partial charge on any atom is -0.469 e. The molecule has 0 aromatic rings. The summed E-state index contributed by atoms with van der Waals surface area (Å²) in [5.74, 6) is 0.379. The standard InChI is InChI=1S/C15H23NO3/c1-19-15(18)11-13-8-4-5-9-16(13)14(17)10-12-6-2-3-7-12/h2,6,12-13H,3-5,7-11H2,1H3. The Hall–Kier alpha value is -1.32. The zero-order valence-electron chi connectivity index (χ0n) is 11.6. The van der Waals surface area contributed by atoms with E-state index in [0.717, 1.165) is 38.6 Å². The molecule has 1 fully saturated rings. The maximum absolute atomic E-state index is 12.4. The van der Waals surface area contributed by atoms with Crippen LogP contribution in [-0.4, -0.2) is 36.5 Å². The highest BCUT2D eigenvalue weighted by molar-refractivity contribution is 5.78. The van der Waals surface area contributed by atoms with Crippen LogP contribution in [0.1, 0.15) is 44.9 Å². The van der Waals surface area contributed by atoms with Gasteiger partial charge in [-0.15, -0.1) is 0 Å². The monoisotopic (exact) mass is 265 g/mol. The van der Waals surface area contributed by atoms with E-state index in [-0.39, 0.29) is 17.9 Å². The number of carbonyl (C=O) groups excluding carboxylic acids is 2. The van der Waals surface area contributed by atoms with E-state index in [1.54, 1.807) is 0 Å². The van der Waals surface area contributed by atoms with Gasteiger partial charge in [0.05, 0.1) is 13.5 Å². The number of nitrogens with zero attached hydrogens (tertiary/aromatic N) is 1. The van der Waals surface area contributed by atoms with Gasteiger partial charge in [-0.05, 0) is 38.0 Å². The number of esters is 1. The van der Waals surface area contributed by atoms with Crippen LogP contribution in [0.25, 0.3) is 0 Å². The van der Waals surface area contributed by atoms with Gasteiger partial charge in [-0.25, -0.2) is 0 Å².